The van der Waals surface area contributed by atoms with Gasteiger partial charge in [-0.1, -0.05) is 0 Å². The molecule has 0 aliphatic carbocycles. The van der Waals surface area contributed by atoms with E-state index in [1.165, 1.54) is 35.9 Å². The minimum Gasteiger partial charge on any atom is -0.508 e. The molecule has 0 aliphatic heterocycles. The molecule has 2 heterocycles. The van der Waals surface area contributed by atoms with Gasteiger partial charge in [-0.15, -0.1) is 0 Å². The number of H-pyrrole nitrogens is 1. The summed E-state index contributed by atoms with van der Waals surface area (Å²) in [6.07, 6.45) is -4.74. The number of phenolic OH excluding ortho intramolecular Hbond substituents is 1. The van der Waals surface area contributed by atoms with Crippen LogP contribution in [-0.4, -0.2) is 19.6 Å². The van der Waals surface area contributed by atoms with Crippen molar-refractivity contribution in [3.8, 4) is 17.0 Å². The summed E-state index contributed by atoms with van der Waals surface area (Å²) in [5, 5.41) is 8.74. The van der Waals surface area contributed by atoms with E-state index in [2.05, 4.69) is 9.97 Å². The van der Waals surface area contributed by atoms with Gasteiger partial charge in [-0.25, -0.2) is 4.98 Å². The molecule has 2 N–H and O–H groups in total. The zero-order valence-electron chi connectivity index (χ0n) is 12.2. The van der Waals surface area contributed by atoms with Gasteiger partial charge in [0.25, 0.3) is 5.56 Å². The molecule has 124 valence electrons. The molecule has 0 fully saturated rings. The maximum Gasteiger partial charge on any atom is 0.417 e. The third kappa shape index (κ3) is 2.67. The number of rotatable bonds is 1. The number of aromatic hydroxyl groups is 1. The average molecular weight is 353 g/mol. The summed E-state index contributed by atoms with van der Waals surface area (Å²) in [6.45, 7) is 0. The van der Waals surface area contributed by atoms with E-state index >= 15 is 0 Å². The molecule has 0 aliphatic rings. The maximum atomic E-state index is 13.4. The monoisotopic (exact) mass is 353 g/mol. The van der Waals surface area contributed by atoms with Crippen LogP contribution in [0, 0.1) is 4.77 Å². The van der Waals surface area contributed by atoms with Crippen molar-refractivity contribution in [2.45, 2.75) is 6.18 Å². The normalized spacial score (nSPS) is 11.8. The van der Waals surface area contributed by atoms with E-state index in [0.717, 1.165) is 6.07 Å². The smallest absolute Gasteiger partial charge is 0.417 e. The first kappa shape index (κ1) is 16.2. The minimum absolute atomic E-state index is 0.0189. The fourth-order valence-corrected chi connectivity index (χ4v) is 2.52. The Balaban J connectivity index is 2.46. The number of alkyl halides is 3. The average Bonchev–Trinajstić information content (AvgIpc) is 2.51. The quantitative estimate of drug-likeness (QED) is 0.658. The van der Waals surface area contributed by atoms with E-state index < -0.39 is 22.7 Å². The van der Waals surface area contributed by atoms with E-state index in [9.17, 15) is 23.1 Å². The maximum absolute atomic E-state index is 13.4. The fraction of sp³-hybridized carbons (Fsp3) is 0.133. The molecule has 3 aromatic rings. The largest absolute Gasteiger partial charge is 0.508 e. The summed E-state index contributed by atoms with van der Waals surface area (Å²) in [5.41, 5.74) is -1.81. The zero-order chi connectivity index (χ0) is 17.6. The number of pyridine rings is 1. The molecule has 1 aromatic carbocycles. The predicted octanol–water partition coefficient (Wildman–Crippen LogP) is 3.38. The van der Waals surface area contributed by atoms with E-state index in [4.69, 9.17) is 12.2 Å². The Bertz CT molecular complexity index is 1050. The number of benzene rings is 1. The van der Waals surface area contributed by atoms with Crippen LogP contribution < -0.4 is 5.56 Å². The van der Waals surface area contributed by atoms with Gasteiger partial charge in [-0.05, 0) is 42.5 Å². The van der Waals surface area contributed by atoms with Crippen LogP contribution in [0.5, 0.6) is 5.75 Å². The van der Waals surface area contributed by atoms with Gasteiger partial charge in [-0.3, -0.25) is 9.78 Å². The van der Waals surface area contributed by atoms with Crippen LogP contribution in [0.25, 0.3) is 22.3 Å². The highest BCUT2D eigenvalue weighted by Crippen LogP contribution is 2.35. The van der Waals surface area contributed by atoms with E-state index in [0.29, 0.717) is 5.56 Å². The molecular weight excluding hydrogens is 343 g/mol. The highest BCUT2D eigenvalue weighted by molar-refractivity contribution is 7.71. The fourth-order valence-electron chi connectivity index (χ4n) is 2.34. The first-order chi connectivity index (χ1) is 11.2. The minimum atomic E-state index is -4.74. The van der Waals surface area contributed by atoms with Gasteiger partial charge in [0.1, 0.15) is 11.4 Å². The highest BCUT2D eigenvalue weighted by atomic mass is 32.1. The van der Waals surface area contributed by atoms with Gasteiger partial charge < -0.3 is 9.67 Å². The number of hydrogen-bond donors (Lipinski definition) is 2. The van der Waals surface area contributed by atoms with E-state index in [-0.39, 0.29) is 21.9 Å². The molecule has 0 radical (unpaired) electrons. The molecule has 2 aromatic heterocycles. The summed E-state index contributed by atoms with van der Waals surface area (Å²) in [5.74, 6) is -0.0228. The van der Waals surface area contributed by atoms with Gasteiger partial charge >= 0.3 is 6.18 Å². The summed E-state index contributed by atoms with van der Waals surface area (Å²) in [4.78, 5) is 18.4. The van der Waals surface area contributed by atoms with Crippen molar-refractivity contribution in [1.29, 1.82) is 0 Å². The molecule has 5 nitrogen and oxygen atoms in total. The Labute approximate surface area is 138 Å². The van der Waals surface area contributed by atoms with Crippen LogP contribution >= 0.6 is 12.2 Å². The van der Waals surface area contributed by atoms with Gasteiger partial charge in [-0.2, -0.15) is 13.2 Å². The molecule has 0 atom stereocenters. The van der Waals surface area contributed by atoms with Crippen molar-refractivity contribution in [3.05, 3.63) is 51.0 Å². The Kier molecular flexibility index (Phi) is 3.67. The van der Waals surface area contributed by atoms with Crippen molar-refractivity contribution >= 4 is 23.3 Å². The molecule has 9 heteroatoms. The van der Waals surface area contributed by atoms with Crippen LogP contribution in [0.15, 0.2) is 35.1 Å². The van der Waals surface area contributed by atoms with Crippen molar-refractivity contribution < 1.29 is 18.3 Å². The van der Waals surface area contributed by atoms with Crippen LogP contribution in [0.2, 0.25) is 0 Å². The lowest BCUT2D eigenvalue weighted by Gasteiger charge is -2.14. The Morgan fingerprint density at radius 1 is 1.25 bits per heavy atom. The van der Waals surface area contributed by atoms with Gasteiger partial charge in [0.2, 0.25) is 0 Å². The van der Waals surface area contributed by atoms with Crippen molar-refractivity contribution in [3.63, 3.8) is 0 Å². The number of hydrogen-bond acceptors (Lipinski definition) is 4. The summed E-state index contributed by atoms with van der Waals surface area (Å²) < 4.78 is 41.5. The molecule has 0 amide bonds. The lowest BCUT2D eigenvalue weighted by Crippen LogP contribution is -2.19. The number of halogens is 3. The second-order valence-corrected chi connectivity index (χ2v) is 5.50. The third-order valence-electron chi connectivity index (χ3n) is 3.54. The van der Waals surface area contributed by atoms with Crippen molar-refractivity contribution in [2.24, 2.45) is 7.05 Å². The van der Waals surface area contributed by atoms with Crippen LogP contribution in [0.3, 0.4) is 0 Å². The SMILES string of the molecule is Cn1c(=S)[nH]c(=O)c2c(C(F)(F)F)cc(-c3ccc(O)cc3)nc21. The highest BCUT2D eigenvalue weighted by Gasteiger charge is 2.35. The summed E-state index contributed by atoms with van der Waals surface area (Å²) in [6, 6.07) is 6.36. The molecule has 0 saturated heterocycles. The van der Waals surface area contributed by atoms with Crippen LogP contribution in [-0.2, 0) is 13.2 Å². The first-order valence-electron chi connectivity index (χ1n) is 6.69. The lowest BCUT2D eigenvalue weighted by molar-refractivity contribution is -0.136. The van der Waals surface area contributed by atoms with E-state index in [1.54, 1.807) is 0 Å². The Hall–Kier alpha value is -2.68. The second-order valence-electron chi connectivity index (χ2n) is 5.12. The number of aromatic nitrogens is 3. The van der Waals surface area contributed by atoms with Gasteiger partial charge in [0.15, 0.2) is 4.77 Å². The molecule has 0 unspecified atom stereocenters. The van der Waals surface area contributed by atoms with Crippen LogP contribution in [0.1, 0.15) is 5.56 Å². The number of phenols is 1. The molecule has 0 spiro atoms. The number of nitrogens with zero attached hydrogens (tertiary/aromatic N) is 2. The zero-order valence-corrected chi connectivity index (χ0v) is 13.0. The van der Waals surface area contributed by atoms with Gasteiger partial charge in [0.05, 0.1) is 16.6 Å². The predicted molar refractivity (Wildman–Crippen MR) is 84.3 cm³/mol. The third-order valence-corrected chi connectivity index (χ3v) is 3.91. The molecule has 0 bridgehead atoms. The number of aryl methyl sites for hydroxylation is 1. The summed E-state index contributed by atoms with van der Waals surface area (Å²) in [7, 11) is 1.42. The topological polar surface area (TPSA) is 70.9 Å². The number of nitrogens with one attached hydrogen (secondary N) is 1. The number of fused-ring (bicyclic) bond motifs is 1. The van der Waals surface area contributed by atoms with Crippen LogP contribution in [0.4, 0.5) is 13.2 Å². The summed E-state index contributed by atoms with van der Waals surface area (Å²) >= 11 is 4.94. The molecular formula is C15H10F3N3O2S. The van der Waals surface area contributed by atoms with Gasteiger partial charge in [0, 0.05) is 12.6 Å². The molecule has 24 heavy (non-hydrogen) atoms. The standard InChI is InChI=1S/C15H10F3N3O2S/c1-21-12-11(13(23)20-14(21)24)9(15(16,17)18)6-10(19-12)7-2-4-8(22)5-3-7/h2-6,22H,1H3,(H,20,23,24). The van der Waals surface area contributed by atoms with Crippen molar-refractivity contribution in [1.82, 2.24) is 14.5 Å². The second kappa shape index (κ2) is 5.45. The first-order valence-corrected chi connectivity index (χ1v) is 7.10. The Morgan fingerprint density at radius 3 is 2.46 bits per heavy atom. The number of aromatic amines is 1. The lowest BCUT2D eigenvalue weighted by atomic mass is 10.1. The molecule has 3 rings (SSSR count). The van der Waals surface area contributed by atoms with Crippen molar-refractivity contribution in [2.75, 3.05) is 0 Å². The van der Waals surface area contributed by atoms with E-state index in [1.807, 2.05) is 0 Å². The molecule has 0 saturated carbocycles. The Morgan fingerprint density at radius 2 is 1.88 bits per heavy atom.